The van der Waals surface area contributed by atoms with Gasteiger partial charge in [-0.05, 0) is 60.0 Å². The lowest BCUT2D eigenvalue weighted by atomic mass is 9.90. The van der Waals surface area contributed by atoms with Crippen molar-refractivity contribution in [3.63, 3.8) is 0 Å². The number of rotatable bonds is 3. The van der Waals surface area contributed by atoms with Gasteiger partial charge in [0.25, 0.3) is 5.91 Å². The number of nitrogens with zero attached hydrogens (tertiary/aromatic N) is 1. The highest BCUT2D eigenvalue weighted by molar-refractivity contribution is 6.04. The van der Waals surface area contributed by atoms with Crippen LogP contribution in [0.25, 0.3) is 11.1 Å². The maximum Gasteiger partial charge on any atom is 0.433 e. The lowest BCUT2D eigenvalue weighted by Gasteiger charge is -2.36. The zero-order chi connectivity index (χ0) is 25.3. The number of aryl methyl sites for hydroxylation is 1. The van der Waals surface area contributed by atoms with Crippen LogP contribution >= 0.6 is 0 Å². The number of pyridine rings is 1. The van der Waals surface area contributed by atoms with E-state index >= 15 is 0 Å². The average Bonchev–Trinajstić information content (AvgIpc) is 3.03. The maximum absolute atomic E-state index is 13.0. The largest absolute Gasteiger partial charge is 0.490 e. The van der Waals surface area contributed by atoms with Gasteiger partial charge in [0, 0.05) is 36.7 Å². The zero-order valence-electron chi connectivity index (χ0n) is 19.7. The molecule has 2 aliphatic heterocycles. The molecule has 2 aromatic carbocycles. The molecule has 1 spiro atoms. The van der Waals surface area contributed by atoms with Crippen LogP contribution in [-0.4, -0.2) is 36.3 Å². The second-order valence-electron chi connectivity index (χ2n) is 9.07. The number of alkyl halides is 3. The second-order valence-corrected chi connectivity index (χ2v) is 9.07. The van der Waals surface area contributed by atoms with Crippen LogP contribution in [0.2, 0.25) is 0 Å². The topological polar surface area (TPSA) is 69.7 Å². The van der Waals surface area contributed by atoms with Gasteiger partial charge in [-0.15, -0.1) is 0 Å². The summed E-state index contributed by atoms with van der Waals surface area (Å²) in [5, 5.41) is 2.69. The number of carbonyl (C=O) groups excluding carboxylic acids is 1. The van der Waals surface area contributed by atoms with Crippen LogP contribution in [-0.2, 0) is 10.9 Å². The Balaban J connectivity index is 1.41. The molecular weight excluding hydrogens is 473 g/mol. The van der Waals surface area contributed by atoms with Gasteiger partial charge in [-0.1, -0.05) is 12.1 Å². The minimum Gasteiger partial charge on any atom is -0.490 e. The summed E-state index contributed by atoms with van der Waals surface area (Å²) in [4.78, 5) is 16.0. The van der Waals surface area contributed by atoms with Crippen molar-refractivity contribution in [2.75, 3.05) is 25.1 Å². The number of hydrogen-bond donors (Lipinski definition) is 1. The first-order chi connectivity index (χ1) is 17.2. The van der Waals surface area contributed by atoms with Crippen LogP contribution in [0, 0.1) is 6.92 Å². The van der Waals surface area contributed by atoms with Gasteiger partial charge < -0.3 is 19.5 Å². The summed E-state index contributed by atoms with van der Waals surface area (Å²) >= 11 is 0. The number of ether oxygens (including phenoxy) is 3. The molecule has 2 aliphatic rings. The smallest absolute Gasteiger partial charge is 0.433 e. The minimum absolute atomic E-state index is 0.128. The Hall–Kier alpha value is -3.59. The molecule has 0 unspecified atom stereocenters. The number of carbonyl (C=O) groups is 1. The van der Waals surface area contributed by atoms with E-state index in [-0.39, 0.29) is 11.2 Å². The average molecular weight is 499 g/mol. The molecule has 9 heteroatoms. The minimum atomic E-state index is -4.63. The molecule has 0 aliphatic carbocycles. The number of hydrogen-bond acceptors (Lipinski definition) is 5. The highest BCUT2D eigenvalue weighted by atomic mass is 19.4. The fourth-order valence-electron chi connectivity index (χ4n) is 4.54. The van der Waals surface area contributed by atoms with E-state index in [1.165, 1.54) is 6.07 Å². The first kappa shape index (κ1) is 24.1. The summed E-state index contributed by atoms with van der Waals surface area (Å²) in [5.74, 6) is 0.692. The number of anilines is 1. The van der Waals surface area contributed by atoms with Crippen molar-refractivity contribution in [2.24, 2.45) is 0 Å². The molecule has 1 amide bonds. The van der Waals surface area contributed by atoms with E-state index in [9.17, 15) is 18.0 Å². The van der Waals surface area contributed by atoms with Gasteiger partial charge >= 0.3 is 6.18 Å². The first-order valence-electron chi connectivity index (χ1n) is 11.7. The van der Waals surface area contributed by atoms with Gasteiger partial charge in [-0.25, -0.2) is 0 Å². The SMILES string of the molecule is Cc1ccc(NC(=O)c2ccnc(C(F)(F)F)c2)cc1-c1ccc2c(c1)OC1(CCOCC1)CCO2. The van der Waals surface area contributed by atoms with E-state index in [1.54, 1.807) is 12.1 Å². The third-order valence-corrected chi connectivity index (χ3v) is 6.61. The predicted molar refractivity (Wildman–Crippen MR) is 127 cm³/mol. The number of nitrogens with one attached hydrogen (secondary N) is 1. The molecule has 3 heterocycles. The van der Waals surface area contributed by atoms with Crippen LogP contribution in [0.4, 0.5) is 18.9 Å². The molecule has 36 heavy (non-hydrogen) atoms. The normalized spacial score (nSPS) is 16.9. The monoisotopic (exact) mass is 498 g/mol. The highest BCUT2D eigenvalue weighted by Crippen LogP contribution is 2.42. The molecule has 6 nitrogen and oxygen atoms in total. The number of fused-ring (bicyclic) bond motifs is 1. The Morgan fingerprint density at radius 1 is 0.972 bits per heavy atom. The zero-order valence-corrected chi connectivity index (χ0v) is 19.7. The van der Waals surface area contributed by atoms with Gasteiger partial charge in [-0.2, -0.15) is 13.2 Å². The quantitative estimate of drug-likeness (QED) is 0.477. The van der Waals surface area contributed by atoms with Crippen LogP contribution < -0.4 is 14.8 Å². The van der Waals surface area contributed by atoms with E-state index in [2.05, 4.69) is 10.3 Å². The molecule has 0 radical (unpaired) electrons. The highest BCUT2D eigenvalue weighted by Gasteiger charge is 2.37. The summed E-state index contributed by atoms with van der Waals surface area (Å²) in [7, 11) is 0. The molecule has 5 rings (SSSR count). The lowest BCUT2D eigenvalue weighted by molar-refractivity contribution is -0.141. The third kappa shape index (κ3) is 5.02. The van der Waals surface area contributed by atoms with Crippen molar-refractivity contribution in [3.05, 3.63) is 71.5 Å². The molecular formula is C27H25F3N2O4. The Morgan fingerprint density at radius 3 is 2.53 bits per heavy atom. The first-order valence-corrected chi connectivity index (χ1v) is 11.7. The Bertz CT molecular complexity index is 1290. The Labute approximate surface area is 206 Å². The van der Waals surface area contributed by atoms with Crippen molar-refractivity contribution in [2.45, 2.75) is 38.0 Å². The number of aromatic nitrogens is 1. The fraction of sp³-hybridized carbons (Fsp3) is 0.333. The summed E-state index contributed by atoms with van der Waals surface area (Å²) in [5.41, 5.74) is 1.59. The molecule has 1 saturated heterocycles. The van der Waals surface area contributed by atoms with E-state index in [0.29, 0.717) is 37.0 Å². The molecule has 1 fully saturated rings. The predicted octanol–water partition coefficient (Wildman–Crippen LogP) is 6.04. The summed E-state index contributed by atoms with van der Waals surface area (Å²) < 4.78 is 56.9. The van der Waals surface area contributed by atoms with Crippen LogP contribution in [0.1, 0.15) is 40.9 Å². The van der Waals surface area contributed by atoms with Gasteiger partial charge in [-0.3, -0.25) is 9.78 Å². The lowest BCUT2D eigenvalue weighted by Crippen LogP contribution is -2.42. The Kier molecular flexibility index (Phi) is 6.34. The van der Waals surface area contributed by atoms with Crippen LogP contribution in [0.3, 0.4) is 0 Å². The summed E-state index contributed by atoms with van der Waals surface area (Å²) in [6.07, 6.45) is -1.28. The van der Waals surface area contributed by atoms with Gasteiger partial charge in [0.15, 0.2) is 11.5 Å². The number of benzene rings is 2. The van der Waals surface area contributed by atoms with Crippen molar-refractivity contribution in [1.82, 2.24) is 4.98 Å². The van der Waals surface area contributed by atoms with E-state index in [4.69, 9.17) is 14.2 Å². The van der Waals surface area contributed by atoms with Gasteiger partial charge in [0.1, 0.15) is 11.3 Å². The van der Waals surface area contributed by atoms with Crippen LogP contribution in [0.5, 0.6) is 11.5 Å². The number of halogens is 3. The molecule has 1 aromatic heterocycles. The van der Waals surface area contributed by atoms with Crippen molar-refractivity contribution in [1.29, 1.82) is 0 Å². The Morgan fingerprint density at radius 2 is 1.75 bits per heavy atom. The molecule has 188 valence electrons. The molecule has 0 saturated carbocycles. The summed E-state index contributed by atoms with van der Waals surface area (Å²) in [6, 6.07) is 13.1. The van der Waals surface area contributed by atoms with E-state index in [1.807, 2.05) is 31.2 Å². The van der Waals surface area contributed by atoms with E-state index < -0.39 is 17.8 Å². The summed E-state index contributed by atoms with van der Waals surface area (Å²) in [6.45, 7) is 3.82. The third-order valence-electron chi connectivity index (χ3n) is 6.61. The number of amides is 1. The molecule has 1 N–H and O–H groups in total. The van der Waals surface area contributed by atoms with E-state index in [0.717, 1.165) is 48.2 Å². The van der Waals surface area contributed by atoms with Gasteiger partial charge in [0.05, 0.1) is 19.8 Å². The van der Waals surface area contributed by atoms with Gasteiger partial charge in [0.2, 0.25) is 0 Å². The maximum atomic E-state index is 13.0. The van der Waals surface area contributed by atoms with Crippen molar-refractivity contribution in [3.8, 4) is 22.6 Å². The van der Waals surface area contributed by atoms with Crippen LogP contribution in [0.15, 0.2) is 54.7 Å². The molecule has 3 aromatic rings. The second kappa shape index (κ2) is 9.46. The standard InChI is InChI=1S/C27H25F3N2O4/c1-17-2-4-20(32-25(33)19-6-10-31-24(15-19)27(28,29)30)16-21(17)18-3-5-22-23(14-18)36-26(9-13-35-22)7-11-34-12-8-26/h2-6,10,14-16H,7-9,11-13H2,1H3,(H,32,33). The molecule has 0 bridgehead atoms. The van der Waals surface area contributed by atoms with Crippen molar-refractivity contribution >= 4 is 11.6 Å². The molecule has 0 atom stereocenters. The fourth-order valence-corrected chi connectivity index (χ4v) is 4.54. The van der Waals surface area contributed by atoms with Crippen molar-refractivity contribution < 1.29 is 32.2 Å².